The van der Waals surface area contributed by atoms with Crippen molar-refractivity contribution < 1.29 is 27.5 Å². The number of imide groups is 1. The summed E-state index contributed by atoms with van der Waals surface area (Å²) in [4.78, 5) is 58.4. The molecular weight excluding hydrogens is 731 g/mol. The molecule has 3 aromatic carbocycles. The first-order valence-electron chi connectivity index (χ1n) is 15.3. The quantitative estimate of drug-likeness (QED) is 0.219. The van der Waals surface area contributed by atoms with Crippen LogP contribution in [0.3, 0.4) is 0 Å². The second kappa shape index (κ2) is 12.0. The maximum Gasteiger partial charge on any atom is 0.305 e. The zero-order valence-corrected chi connectivity index (χ0v) is 29.1. The molecule has 11 nitrogen and oxygen atoms in total. The Balaban J connectivity index is 1.11. The first-order chi connectivity index (χ1) is 23.4. The standard InChI is InChI=1S/C33H26Cl2N4O7S3/c34-14-1-6-17(7-2-14)39-31(41)26-20-12-21(27(26)32(39)42)28-25(20)24(29-30(47-28)38-33(43)48-29)19-11-15(35)3-10-22(19)46-13-23(40)37-16-4-8-18(9-5-16)49(36,44)45/h1-11,20-21,24-28H,12-13H2,(H,37,40)(H,38,43)(H2,36,44,45)/t20?,21?,24-,25?,26?,27?,28?/m1/s1. The Morgan fingerprint density at radius 1 is 0.959 bits per heavy atom. The highest BCUT2D eigenvalue weighted by atomic mass is 35.5. The van der Waals surface area contributed by atoms with Crippen molar-refractivity contribution in [1.82, 2.24) is 4.98 Å². The van der Waals surface area contributed by atoms with Gasteiger partial charge in [-0.05, 0) is 90.9 Å². The number of ether oxygens (including phenoxy) is 1. The fourth-order valence-electron chi connectivity index (χ4n) is 8.17. The number of carbonyl (C=O) groups is 3. The molecule has 4 N–H and O–H groups in total. The van der Waals surface area contributed by atoms with Crippen molar-refractivity contribution in [2.45, 2.75) is 27.5 Å². The summed E-state index contributed by atoms with van der Waals surface area (Å²) in [7, 11) is -3.88. The predicted molar refractivity (Wildman–Crippen MR) is 186 cm³/mol. The fourth-order valence-corrected chi connectivity index (χ4v) is 11.9. The normalized spacial score (nSPS) is 26.8. The van der Waals surface area contributed by atoms with Crippen LogP contribution in [0.15, 0.2) is 81.4 Å². The van der Waals surface area contributed by atoms with Crippen LogP contribution in [-0.2, 0) is 24.4 Å². The highest BCUT2D eigenvalue weighted by Crippen LogP contribution is 2.69. The van der Waals surface area contributed by atoms with Crippen LogP contribution in [-0.4, -0.2) is 43.0 Å². The molecule has 7 atom stereocenters. The minimum Gasteiger partial charge on any atom is -0.483 e. The Morgan fingerprint density at radius 2 is 1.63 bits per heavy atom. The molecule has 3 fully saturated rings. The zero-order chi connectivity index (χ0) is 34.4. The van der Waals surface area contributed by atoms with Crippen molar-refractivity contribution in [3.05, 3.63) is 96.9 Å². The third kappa shape index (κ3) is 5.49. The summed E-state index contributed by atoms with van der Waals surface area (Å²) in [5.74, 6) is -2.26. The number of nitrogens with zero attached hydrogens (tertiary/aromatic N) is 1. The molecule has 6 unspecified atom stereocenters. The second-order valence-corrected chi connectivity index (χ2v) is 17.2. The van der Waals surface area contributed by atoms with Gasteiger partial charge in [-0.3, -0.25) is 24.1 Å². The number of halogens is 2. The number of fused-ring (bicyclic) bond motifs is 9. The van der Waals surface area contributed by atoms with Gasteiger partial charge in [-0.1, -0.05) is 34.5 Å². The number of hydrogen-bond donors (Lipinski definition) is 3. The molecule has 8 rings (SSSR count). The molecule has 16 heteroatoms. The summed E-state index contributed by atoms with van der Waals surface area (Å²) < 4.78 is 29.2. The van der Waals surface area contributed by atoms with E-state index in [1.54, 1.807) is 54.2 Å². The van der Waals surface area contributed by atoms with Gasteiger partial charge in [-0.25, -0.2) is 13.6 Å². The van der Waals surface area contributed by atoms with Crippen LogP contribution in [0, 0.1) is 29.6 Å². The first kappa shape index (κ1) is 32.5. The highest BCUT2D eigenvalue weighted by molar-refractivity contribution is 8.00. The molecule has 2 saturated carbocycles. The van der Waals surface area contributed by atoms with Crippen molar-refractivity contribution in [3.8, 4) is 5.75 Å². The second-order valence-electron chi connectivity index (χ2n) is 12.5. The van der Waals surface area contributed by atoms with Crippen LogP contribution < -0.4 is 25.0 Å². The van der Waals surface area contributed by atoms with Gasteiger partial charge in [0.2, 0.25) is 21.8 Å². The van der Waals surface area contributed by atoms with Gasteiger partial charge in [0.15, 0.2) is 6.61 Å². The molecule has 0 spiro atoms. The summed E-state index contributed by atoms with van der Waals surface area (Å²) in [5, 5.41) is 9.44. The lowest BCUT2D eigenvalue weighted by Crippen LogP contribution is -2.42. The Kier molecular flexibility index (Phi) is 7.96. The molecule has 3 heterocycles. The third-order valence-electron chi connectivity index (χ3n) is 9.94. The van der Waals surface area contributed by atoms with Crippen LogP contribution >= 0.6 is 46.3 Å². The van der Waals surface area contributed by atoms with E-state index in [0.29, 0.717) is 39.2 Å². The van der Waals surface area contributed by atoms with E-state index in [-0.39, 0.29) is 51.2 Å². The lowest BCUT2D eigenvalue weighted by molar-refractivity contribution is -0.123. The molecule has 1 aromatic heterocycles. The lowest BCUT2D eigenvalue weighted by atomic mass is 9.68. The van der Waals surface area contributed by atoms with Gasteiger partial charge in [-0.15, -0.1) is 11.8 Å². The Bertz CT molecular complexity index is 2210. The predicted octanol–water partition coefficient (Wildman–Crippen LogP) is 5.09. The molecule has 4 aliphatic rings. The number of thiazole rings is 1. The molecular formula is C33H26Cl2N4O7S3. The number of sulfonamides is 1. The van der Waals surface area contributed by atoms with Crippen LogP contribution in [0.4, 0.5) is 11.4 Å². The molecule has 3 amide bonds. The third-order valence-corrected chi connectivity index (χ3v) is 13.9. The summed E-state index contributed by atoms with van der Waals surface area (Å²) in [6.07, 6.45) is 0.697. The number of nitrogens with one attached hydrogen (secondary N) is 2. The van der Waals surface area contributed by atoms with Crippen molar-refractivity contribution in [2.24, 2.45) is 34.7 Å². The molecule has 4 aromatic rings. The number of aromatic amines is 1. The van der Waals surface area contributed by atoms with E-state index in [0.717, 1.165) is 21.2 Å². The van der Waals surface area contributed by atoms with Gasteiger partial charge in [0.05, 0.1) is 27.4 Å². The van der Waals surface area contributed by atoms with E-state index >= 15 is 0 Å². The van der Waals surface area contributed by atoms with Crippen LogP contribution in [0.5, 0.6) is 5.75 Å². The summed E-state index contributed by atoms with van der Waals surface area (Å²) in [5.41, 5.74) is 1.53. The molecule has 2 bridgehead atoms. The number of hydrogen-bond acceptors (Lipinski definition) is 9. The number of benzene rings is 3. The highest BCUT2D eigenvalue weighted by Gasteiger charge is 2.69. The van der Waals surface area contributed by atoms with Gasteiger partial charge in [0.1, 0.15) is 5.75 Å². The summed E-state index contributed by atoms with van der Waals surface area (Å²) in [6.45, 7) is -0.378. The lowest BCUT2D eigenvalue weighted by Gasteiger charge is -2.43. The molecule has 2 aliphatic carbocycles. The van der Waals surface area contributed by atoms with Crippen LogP contribution in [0.1, 0.15) is 22.8 Å². The number of thioether (sulfide) groups is 1. The average molecular weight is 758 g/mol. The SMILES string of the molecule is NS(=O)(=O)c1ccc(NC(=O)COc2ccc(Cl)cc2[C@H]2c3sc(=O)[nH]c3SC3C4CC(C5C(=O)N(c6ccc(Cl)cc6)C(=O)C45)C32)cc1. The minimum absolute atomic E-state index is 0.0636. The van der Waals surface area contributed by atoms with Gasteiger partial charge in [0, 0.05) is 37.3 Å². The fraction of sp³-hybridized carbons (Fsp3) is 0.273. The number of primary sulfonamides is 1. The van der Waals surface area contributed by atoms with E-state index in [9.17, 15) is 27.6 Å². The first-order valence-corrected chi connectivity index (χ1v) is 19.3. The monoisotopic (exact) mass is 756 g/mol. The average Bonchev–Trinajstić information content (AvgIpc) is 3.79. The summed E-state index contributed by atoms with van der Waals surface area (Å²) in [6, 6.07) is 17.2. The van der Waals surface area contributed by atoms with Crippen molar-refractivity contribution >= 4 is 85.4 Å². The Morgan fingerprint density at radius 3 is 2.33 bits per heavy atom. The van der Waals surface area contributed by atoms with Gasteiger partial charge >= 0.3 is 4.87 Å². The molecule has 0 radical (unpaired) electrons. The minimum atomic E-state index is -3.88. The van der Waals surface area contributed by atoms with Gasteiger partial charge in [-0.2, -0.15) is 0 Å². The molecule has 2 aliphatic heterocycles. The zero-order valence-electron chi connectivity index (χ0n) is 25.2. The number of amides is 3. The molecule has 49 heavy (non-hydrogen) atoms. The number of rotatable bonds is 7. The van der Waals surface area contributed by atoms with Crippen LogP contribution in [0.25, 0.3) is 0 Å². The van der Waals surface area contributed by atoms with Crippen molar-refractivity contribution in [3.63, 3.8) is 0 Å². The van der Waals surface area contributed by atoms with Crippen molar-refractivity contribution in [2.75, 3.05) is 16.8 Å². The van der Waals surface area contributed by atoms with E-state index in [1.807, 2.05) is 0 Å². The topological polar surface area (TPSA) is 169 Å². The number of nitrogens with two attached hydrogens (primary N) is 1. The van der Waals surface area contributed by atoms with E-state index < -0.39 is 33.7 Å². The number of H-pyrrole nitrogens is 1. The van der Waals surface area contributed by atoms with Gasteiger partial charge < -0.3 is 15.0 Å². The maximum atomic E-state index is 14.0. The maximum absolute atomic E-state index is 14.0. The Hall–Kier alpha value is -3.66. The summed E-state index contributed by atoms with van der Waals surface area (Å²) >= 11 is 15.3. The Labute approximate surface area is 298 Å². The largest absolute Gasteiger partial charge is 0.483 e. The van der Waals surface area contributed by atoms with E-state index in [2.05, 4.69) is 10.3 Å². The van der Waals surface area contributed by atoms with Gasteiger partial charge in [0.25, 0.3) is 5.91 Å². The smallest absolute Gasteiger partial charge is 0.305 e. The van der Waals surface area contributed by atoms with E-state index in [1.165, 1.54) is 29.2 Å². The molecule has 1 saturated heterocycles. The molecule has 252 valence electrons. The number of aromatic nitrogens is 1. The van der Waals surface area contributed by atoms with Crippen molar-refractivity contribution in [1.29, 1.82) is 0 Å². The van der Waals surface area contributed by atoms with Crippen LogP contribution in [0.2, 0.25) is 10.0 Å². The number of carbonyl (C=O) groups excluding carboxylic acids is 3. The van der Waals surface area contributed by atoms with E-state index in [4.69, 9.17) is 33.1 Å². The number of anilines is 2.